The lowest BCUT2D eigenvalue weighted by molar-refractivity contribution is -0.0290. The van der Waals surface area contributed by atoms with Gasteiger partial charge in [0.1, 0.15) is 11.6 Å². The number of rotatable bonds is 5. The molecule has 0 saturated heterocycles. The Kier molecular flexibility index (Phi) is 4.67. The van der Waals surface area contributed by atoms with E-state index < -0.39 is 23.5 Å². The number of halogens is 1. The number of urea groups is 1. The minimum Gasteiger partial charge on any atom is -0.496 e. The van der Waals surface area contributed by atoms with E-state index in [4.69, 9.17) is 4.74 Å². The summed E-state index contributed by atoms with van der Waals surface area (Å²) in [4.78, 5) is 11.8. The summed E-state index contributed by atoms with van der Waals surface area (Å²) in [5.41, 5.74) is -0.478. The fourth-order valence-corrected chi connectivity index (χ4v) is 2.44. The summed E-state index contributed by atoms with van der Waals surface area (Å²) in [6, 6.07) is 3.54. The van der Waals surface area contributed by atoms with Gasteiger partial charge in [-0.1, -0.05) is 6.07 Å². The van der Waals surface area contributed by atoms with Crippen molar-refractivity contribution in [2.75, 3.05) is 13.7 Å². The van der Waals surface area contributed by atoms with Crippen LogP contribution in [0.1, 0.15) is 37.8 Å². The molecule has 1 aromatic rings. The zero-order valence-corrected chi connectivity index (χ0v) is 12.3. The van der Waals surface area contributed by atoms with Gasteiger partial charge in [0.2, 0.25) is 0 Å². The van der Waals surface area contributed by atoms with Gasteiger partial charge in [0.05, 0.1) is 24.3 Å². The van der Waals surface area contributed by atoms with Crippen LogP contribution >= 0.6 is 0 Å². The van der Waals surface area contributed by atoms with E-state index in [0.717, 1.165) is 6.42 Å². The number of aliphatic hydroxyl groups is 1. The summed E-state index contributed by atoms with van der Waals surface area (Å²) in [5, 5.41) is 15.2. The number of hydrogen-bond acceptors (Lipinski definition) is 3. The van der Waals surface area contributed by atoms with Gasteiger partial charge in [-0.25, -0.2) is 9.18 Å². The van der Waals surface area contributed by atoms with Gasteiger partial charge in [0.25, 0.3) is 0 Å². The Morgan fingerprint density at radius 1 is 1.52 bits per heavy atom. The van der Waals surface area contributed by atoms with Crippen molar-refractivity contribution in [2.24, 2.45) is 0 Å². The number of carbonyl (C=O) groups excluding carboxylic acids is 1. The van der Waals surface area contributed by atoms with Gasteiger partial charge in [0.15, 0.2) is 0 Å². The molecular formula is C15H21FN2O3. The average Bonchev–Trinajstić information content (AvgIpc) is 2.42. The lowest BCUT2D eigenvalue weighted by Crippen LogP contribution is -2.50. The highest BCUT2D eigenvalue weighted by Crippen LogP contribution is 2.30. The van der Waals surface area contributed by atoms with Gasteiger partial charge < -0.3 is 20.5 Å². The van der Waals surface area contributed by atoms with Gasteiger partial charge in [-0.05, 0) is 38.3 Å². The minimum atomic E-state index is -0.781. The molecule has 1 aromatic carbocycles. The van der Waals surface area contributed by atoms with E-state index in [1.807, 2.05) is 0 Å². The number of nitrogens with one attached hydrogen (secondary N) is 2. The molecule has 1 aliphatic carbocycles. The van der Waals surface area contributed by atoms with Crippen LogP contribution in [0.15, 0.2) is 18.2 Å². The molecule has 1 atom stereocenters. The van der Waals surface area contributed by atoms with Gasteiger partial charge in [-0.15, -0.1) is 0 Å². The van der Waals surface area contributed by atoms with E-state index in [-0.39, 0.29) is 6.54 Å². The van der Waals surface area contributed by atoms with E-state index in [2.05, 4.69) is 10.6 Å². The van der Waals surface area contributed by atoms with E-state index in [0.29, 0.717) is 24.2 Å². The van der Waals surface area contributed by atoms with E-state index in [1.54, 1.807) is 19.1 Å². The molecule has 0 aliphatic heterocycles. The van der Waals surface area contributed by atoms with Gasteiger partial charge in [-0.3, -0.25) is 0 Å². The summed E-state index contributed by atoms with van der Waals surface area (Å²) in [6.07, 6.45) is 2.37. The van der Waals surface area contributed by atoms with Crippen molar-refractivity contribution in [3.63, 3.8) is 0 Å². The standard InChI is InChI=1S/C15H21FN2O3/c1-10(13-11(16)5-3-6-12(13)21-2)18-14(19)17-9-15(20)7-4-8-15/h3,5-6,10,20H,4,7-9H2,1-2H3,(H2,17,18,19)/t10-/m0/s1. The highest BCUT2D eigenvalue weighted by molar-refractivity contribution is 5.74. The smallest absolute Gasteiger partial charge is 0.315 e. The lowest BCUT2D eigenvalue weighted by Gasteiger charge is -2.36. The number of hydrogen-bond donors (Lipinski definition) is 3. The van der Waals surface area contributed by atoms with Crippen molar-refractivity contribution >= 4 is 6.03 Å². The van der Waals surface area contributed by atoms with Gasteiger partial charge in [0, 0.05) is 6.54 Å². The number of amides is 2. The molecule has 5 nitrogen and oxygen atoms in total. The number of methoxy groups -OCH3 is 1. The van der Waals surface area contributed by atoms with Crippen molar-refractivity contribution in [3.05, 3.63) is 29.6 Å². The van der Waals surface area contributed by atoms with Crippen LogP contribution in [0.5, 0.6) is 5.75 Å². The molecule has 0 bridgehead atoms. The van der Waals surface area contributed by atoms with Crippen LogP contribution in [0.25, 0.3) is 0 Å². The first-order valence-corrected chi connectivity index (χ1v) is 7.04. The van der Waals surface area contributed by atoms with Crippen molar-refractivity contribution < 1.29 is 19.0 Å². The highest BCUT2D eigenvalue weighted by Gasteiger charge is 2.34. The third-order valence-corrected chi connectivity index (χ3v) is 3.88. The first kappa shape index (κ1) is 15.6. The van der Waals surface area contributed by atoms with Gasteiger partial charge in [-0.2, -0.15) is 0 Å². The van der Waals surface area contributed by atoms with Crippen LogP contribution < -0.4 is 15.4 Å². The Morgan fingerprint density at radius 2 is 2.24 bits per heavy atom. The van der Waals surface area contributed by atoms with Crippen LogP contribution in [0, 0.1) is 5.82 Å². The first-order valence-electron chi connectivity index (χ1n) is 7.04. The second-order valence-corrected chi connectivity index (χ2v) is 5.48. The van der Waals surface area contributed by atoms with Crippen LogP contribution in [-0.4, -0.2) is 30.4 Å². The van der Waals surface area contributed by atoms with Crippen LogP contribution in [0.3, 0.4) is 0 Å². The van der Waals surface area contributed by atoms with E-state index >= 15 is 0 Å². The van der Waals surface area contributed by atoms with E-state index in [1.165, 1.54) is 13.2 Å². The van der Waals surface area contributed by atoms with Crippen molar-refractivity contribution in [2.45, 2.75) is 37.8 Å². The number of carbonyl (C=O) groups is 1. The molecule has 0 spiro atoms. The molecule has 1 aliphatic rings. The molecule has 1 saturated carbocycles. The molecular weight excluding hydrogens is 275 g/mol. The monoisotopic (exact) mass is 296 g/mol. The molecule has 116 valence electrons. The van der Waals surface area contributed by atoms with Gasteiger partial charge >= 0.3 is 6.03 Å². The Bertz CT molecular complexity index is 518. The predicted molar refractivity (Wildman–Crippen MR) is 76.7 cm³/mol. The molecule has 21 heavy (non-hydrogen) atoms. The molecule has 1 fully saturated rings. The Hall–Kier alpha value is -1.82. The maximum atomic E-state index is 13.9. The molecule has 0 radical (unpaired) electrons. The Morgan fingerprint density at radius 3 is 2.81 bits per heavy atom. The van der Waals surface area contributed by atoms with Crippen LogP contribution in [0.4, 0.5) is 9.18 Å². The third kappa shape index (κ3) is 3.64. The average molecular weight is 296 g/mol. The summed E-state index contributed by atoms with van der Waals surface area (Å²) < 4.78 is 19.0. The first-order chi connectivity index (χ1) is 9.95. The quantitative estimate of drug-likeness (QED) is 0.779. The topological polar surface area (TPSA) is 70.6 Å². The number of ether oxygens (including phenoxy) is 1. The SMILES string of the molecule is COc1cccc(F)c1[C@H](C)NC(=O)NCC1(O)CCC1. The summed E-state index contributed by atoms with van der Waals surface area (Å²) in [6.45, 7) is 1.89. The third-order valence-electron chi connectivity index (χ3n) is 3.88. The fraction of sp³-hybridized carbons (Fsp3) is 0.533. The summed E-state index contributed by atoms with van der Waals surface area (Å²) in [7, 11) is 1.46. The summed E-state index contributed by atoms with van der Waals surface area (Å²) >= 11 is 0. The van der Waals surface area contributed by atoms with Crippen molar-refractivity contribution in [1.29, 1.82) is 0 Å². The molecule has 0 unspecified atom stereocenters. The molecule has 2 rings (SSSR count). The zero-order valence-electron chi connectivity index (χ0n) is 12.3. The molecule has 2 amide bonds. The van der Waals surface area contributed by atoms with Crippen molar-refractivity contribution in [1.82, 2.24) is 10.6 Å². The maximum absolute atomic E-state index is 13.9. The zero-order chi connectivity index (χ0) is 15.5. The molecule has 6 heteroatoms. The molecule has 0 heterocycles. The Balaban J connectivity index is 1.94. The largest absolute Gasteiger partial charge is 0.496 e. The lowest BCUT2D eigenvalue weighted by atomic mass is 9.80. The predicted octanol–water partition coefficient (Wildman–Crippen LogP) is 2.11. The van der Waals surface area contributed by atoms with Crippen molar-refractivity contribution in [3.8, 4) is 5.75 Å². The molecule has 3 N–H and O–H groups in total. The fourth-order valence-electron chi connectivity index (χ4n) is 2.44. The molecule has 0 aromatic heterocycles. The minimum absolute atomic E-state index is 0.208. The van der Waals surface area contributed by atoms with Crippen LogP contribution in [0.2, 0.25) is 0 Å². The van der Waals surface area contributed by atoms with Crippen LogP contribution in [-0.2, 0) is 0 Å². The number of benzene rings is 1. The second-order valence-electron chi connectivity index (χ2n) is 5.48. The normalized spacial score (nSPS) is 17.5. The summed E-state index contributed by atoms with van der Waals surface area (Å²) in [5.74, 6) is -0.0415. The maximum Gasteiger partial charge on any atom is 0.315 e. The second kappa shape index (κ2) is 6.30. The van der Waals surface area contributed by atoms with E-state index in [9.17, 15) is 14.3 Å². The highest BCUT2D eigenvalue weighted by atomic mass is 19.1. The Labute approximate surface area is 123 Å².